The molecule has 0 aromatic heterocycles. The van der Waals surface area contributed by atoms with Crippen LogP contribution in [0.25, 0.3) is 0 Å². The van der Waals surface area contributed by atoms with E-state index in [-0.39, 0.29) is 0 Å². The van der Waals surface area contributed by atoms with Gasteiger partial charge in [0.1, 0.15) is 6.79 Å². The maximum Gasteiger partial charge on any atom is 0.106 e. The van der Waals surface area contributed by atoms with Crippen molar-refractivity contribution in [2.45, 2.75) is 6.42 Å². The maximum atomic E-state index is 8.00. The molecule has 0 spiro atoms. The first-order valence-electron chi connectivity index (χ1n) is 2.70. The highest BCUT2D eigenvalue weighted by Crippen LogP contribution is 2.03. The van der Waals surface area contributed by atoms with E-state index in [4.69, 9.17) is 4.79 Å². The fourth-order valence-corrected chi connectivity index (χ4v) is 0.573. The van der Waals surface area contributed by atoms with E-state index in [1.807, 2.05) is 18.9 Å². The third kappa shape index (κ3) is 3.47. The Hall–Kier alpha value is -1.11. The van der Waals surface area contributed by atoms with Gasteiger partial charge in [-0.15, -0.1) is 0 Å². The second-order valence-corrected chi connectivity index (χ2v) is 1.62. The van der Waals surface area contributed by atoms with Crippen molar-refractivity contribution in [3.63, 3.8) is 0 Å². The van der Waals surface area contributed by atoms with E-state index in [1.54, 1.807) is 0 Å². The molecule has 0 amide bonds. The number of allylic oxidation sites excluding steroid dienone is 5. The fraction of sp³-hybridized carbons (Fsp3) is 0.125. The Morgan fingerprint density at radius 1 is 1.22 bits per heavy atom. The summed E-state index contributed by atoms with van der Waals surface area (Å²) in [6.45, 7) is 5.74. The van der Waals surface area contributed by atoms with Crippen molar-refractivity contribution in [3.05, 3.63) is 36.5 Å². The van der Waals surface area contributed by atoms with Crippen LogP contribution in [0.4, 0.5) is 0 Å². The standard InChI is InChI=1S/C7H8.CH2O/c1-7-5-3-2-4-6-7;1-2/h3-6H,1-2H2;1H2. The molecule has 0 aliphatic heterocycles. The van der Waals surface area contributed by atoms with Crippen molar-refractivity contribution < 1.29 is 4.79 Å². The molecule has 9 heavy (non-hydrogen) atoms. The van der Waals surface area contributed by atoms with Crippen molar-refractivity contribution in [1.82, 2.24) is 0 Å². The van der Waals surface area contributed by atoms with Crippen LogP contribution in [0.1, 0.15) is 6.42 Å². The molecule has 1 heteroatoms. The Morgan fingerprint density at radius 3 is 1.89 bits per heavy atom. The lowest BCUT2D eigenvalue weighted by Gasteiger charge is -1.92. The second-order valence-electron chi connectivity index (χ2n) is 1.62. The molecule has 0 radical (unpaired) electrons. The molecule has 1 aliphatic rings. The SMILES string of the molecule is C=C1C=CCC=C1.C=O. The Bertz CT molecular complexity index is 129. The highest BCUT2D eigenvalue weighted by Gasteiger charge is 1.82. The van der Waals surface area contributed by atoms with Crippen LogP contribution in [0.5, 0.6) is 0 Å². The fourth-order valence-electron chi connectivity index (χ4n) is 0.573. The van der Waals surface area contributed by atoms with Crippen LogP contribution in [0.15, 0.2) is 36.5 Å². The van der Waals surface area contributed by atoms with E-state index < -0.39 is 0 Å². The molecular weight excluding hydrogens is 112 g/mol. The van der Waals surface area contributed by atoms with E-state index in [0.717, 1.165) is 12.0 Å². The lowest BCUT2D eigenvalue weighted by atomic mass is 10.1. The Kier molecular flexibility index (Phi) is 4.41. The number of rotatable bonds is 0. The first kappa shape index (κ1) is 7.89. The molecule has 0 atom stereocenters. The van der Waals surface area contributed by atoms with E-state index in [9.17, 15) is 0 Å². The van der Waals surface area contributed by atoms with Crippen LogP contribution in [0.2, 0.25) is 0 Å². The molecule has 1 rings (SSSR count). The van der Waals surface area contributed by atoms with E-state index >= 15 is 0 Å². The minimum Gasteiger partial charge on any atom is -0.307 e. The van der Waals surface area contributed by atoms with Crippen LogP contribution < -0.4 is 0 Å². The minimum atomic E-state index is 1.07. The molecule has 0 saturated heterocycles. The van der Waals surface area contributed by atoms with Gasteiger partial charge < -0.3 is 4.79 Å². The molecular formula is C8H10O. The third-order valence-corrected chi connectivity index (χ3v) is 0.936. The van der Waals surface area contributed by atoms with Crippen molar-refractivity contribution in [1.29, 1.82) is 0 Å². The van der Waals surface area contributed by atoms with Crippen LogP contribution in [-0.4, -0.2) is 6.79 Å². The number of hydrogen-bond donors (Lipinski definition) is 0. The van der Waals surface area contributed by atoms with Crippen molar-refractivity contribution in [2.24, 2.45) is 0 Å². The quantitative estimate of drug-likeness (QED) is 0.479. The number of hydrogen-bond acceptors (Lipinski definition) is 1. The van der Waals surface area contributed by atoms with Gasteiger partial charge in [-0.3, -0.25) is 0 Å². The van der Waals surface area contributed by atoms with Crippen LogP contribution in [0.3, 0.4) is 0 Å². The predicted octanol–water partition coefficient (Wildman–Crippen LogP) is 1.87. The molecule has 0 N–H and O–H groups in total. The third-order valence-electron chi connectivity index (χ3n) is 0.936. The van der Waals surface area contributed by atoms with Gasteiger partial charge in [0, 0.05) is 0 Å². The van der Waals surface area contributed by atoms with Crippen LogP contribution in [0, 0.1) is 0 Å². The van der Waals surface area contributed by atoms with E-state index in [0.29, 0.717) is 0 Å². The number of carbonyl (C=O) groups excluding carboxylic acids is 1. The summed E-state index contributed by atoms with van der Waals surface area (Å²) in [5.41, 5.74) is 1.10. The molecule has 1 nitrogen and oxygen atoms in total. The normalized spacial score (nSPS) is 14.4. The van der Waals surface area contributed by atoms with Gasteiger partial charge in [0.05, 0.1) is 0 Å². The zero-order chi connectivity index (χ0) is 7.11. The van der Waals surface area contributed by atoms with Gasteiger partial charge in [0.2, 0.25) is 0 Å². The maximum absolute atomic E-state index is 8.00. The van der Waals surface area contributed by atoms with E-state index in [2.05, 4.69) is 18.7 Å². The topological polar surface area (TPSA) is 17.1 Å². The summed E-state index contributed by atoms with van der Waals surface area (Å²) in [6.07, 6.45) is 9.32. The highest BCUT2D eigenvalue weighted by molar-refractivity contribution is 5.31. The Labute approximate surface area is 55.4 Å². The summed E-state index contributed by atoms with van der Waals surface area (Å²) in [7, 11) is 0. The minimum absolute atomic E-state index is 1.07. The van der Waals surface area contributed by atoms with Crippen LogP contribution >= 0.6 is 0 Å². The Morgan fingerprint density at radius 2 is 1.67 bits per heavy atom. The van der Waals surface area contributed by atoms with Gasteiger partial charge >= 0.3 is 0 Å². The predicted molar refractivity (Wildman–Crippen MR) is 39.2 cm³/mol. The summed E-state index contributed by atoms with van der Waals surface area (Å²) in [4.78, 5) is 8.00. The van der Waals surface area contributed by atoms with Crippen molar-refractivity contribution >= 4 is 6.79 Å². The highest BCUT2D eigenvalue weighted by atomic mass is 16.1. The average molecular weight is 122 g/mol. The molecule has 0 saturated carbocycles. The number of carbonyl (C=O) groups is 1. The van der Waals surface area contributed by atoms with Gasteiger partial charge in [-0.05, 0) is 12.0 Å². The molecule has 0 bridgehead atoms. The summed E-state index contributed by atoms with van der Waals surface area (Å²) in [5.74, 6) is 0. The average Bonchev–Trinajstić information content (AvgIpc) is 1.94. The first-order valence-corrected chi connectivity index (χ1v) is 2.70. The first-order chi connectivity index (χ1) is 4.39. The molecule has 0 heterocycles. The molecule has 1 aliphatic carbocycles. The van der Waals surface area contributed by atoms with Crippen molar-refractivity contribution in [3.8, 4) is 0 Å². The zero-order valence-corrected chi connectivity index (χ0v) is 5.34. The largest absolute Gasteiger partial charge is 0.307 e. The molecule has 0 unspecified atom stereocenters. The van der Waals surface area contributed by atoms with Gasteiger partial charge in [0.25, 0.3) is 0 Å². The smallest absolute Gasteiger partial charge is 0.106 e. The molecule has 0 aromatic carbocycles. The second kappa shape index (κ2) is 5.04. The van der Waals surface area contributed by atoms with Crippen molar-refractivity contribution in [2.75, 3.05) is 0 Å². The van der Waals surface area contributed by atoms with Gasteiger partial charge in [-0.1, -0.05) is 30.9 Å². The Balaban J connectivity index is 0.000000291. The zero-order valence-electron chi connectivity index (χ0n) is 5.34. The summed E-state index contributed by atoms with van der Waals surface area (Å²) < 4.78 is 0. The van der Waals surface area contributed by atoms with Gasteiger partial charge in [-0.2, -0.15) is 0 Å². The summed E-state index contributed by atoms with van der Waals surface area (Å²) in [6, 6.07) is 0. The monoisotopic (exact) mass is 122 g/mol. The summed E-state index contributed by atoms with van der Waals surface area (Å²) >= 11 is 0. The molecule has 48 valence electrons. The van der Waals surface area contributed by atoms with Gasteiger partial charge in [-0.25, -0.2) is 0 Å². The van der Waals surface area contributed by atoms with Gasteiger partial charge in [0.15, 0.2) is 0 Å². The lowest BCUT2D eigenvalue weighted by molar-refractivity contribution is -0.0979. The molecule has 0 aromatic rings. The summed E-state index contributed by atoms with van der Waals surface area (Å²) in [5, 5.41) is 0. The lowest BCUT2D eigenvalue weighted by Crippen LogP contribution is -1.72. The van der Waals surface area contributed by atoms with E-state index in [1.165, 1.54) is 0 Å². The molecule has 0 fully saturated rings. The van der Waals surface area contributed by atoms with Crippen LogP contribution in [-0.2, 0) is 4.79 Å².